The number of hydrogen-bond acceptors (Lipinski definition) is 4. The second-order valence-corrected chi connectivity index (χ2v) is 3.59. The lowest BCUT2D eigenvalue weighted by Gasteiger charge is -2.06. The zero-order chi connectivity index (χ0) is 13.0. The van der Waals surface area contributed by atoms with Crippen molar-refractivity contribution < 1.29 is 19.7 Å². The Morgan fingerprint density at radius 2 is 2.06 bits per heavy atom. The van der Waals surface area contributed by atoms with Gasteiger partial charge in [-0.2, -0.15) is 0 Å². The summed E-state index contributed by atoms with van der Waals surface area (Å²) < 4.78 is 5.49. The molecule has 5 nitrogen and oxygen atoms in total. The summed E-state index contributed by atoms with van der Waals surface area (Å²) in [5.74, 6) is -0.0784. The number of nitrogens with zero attached hydrogens (tertiary/aromatic N) is 1. The highest BCUT2D eigenvalue weighted by molar-refractivity contribution is 5.85. The minimum Gasteiger partial charge on any atom is -0.477 e. The molecule has 92 valence electrons. The second kappa shape index (κ2) is 5.29. The standard InChI is InChI=1S/C13H11NO4/c15-8-9-2-1-3-10(6-9)18-11-4-5-12(13(16)17)14-7-11/h1-7,15H,8H2,(H,16,17). The van der Waals surface area contributed by atoms with Crippen molar-refractivity contribution in [2.75, 3.05) is 0 Å². The summed E-state index contributed by atoms with van der Waals surface area (Å²) in [5.41, 5.74) is 0.703. The van der Waals surface area contributed by atoms with Gasteiger partial charge in [0.15, 0.2) is 0 Å². The third kappa shape index (κ3) is 2.83. The van der Waals surface area contributed by atoms with Gasteiger partial charge in [0.2, 0.25) is 0 Å². The van der Waals surface area contributed by atoms with Crippen LogP contribution in [0.15, 0.2) is 42.6 Å². The van der Waals surface area contributed by atoms with Gasteiger partial charge in [-0.15, -0.1) is 0 Å². The first-order valence-corrected chi connectivity index (χ1v) is 5.26. The van der Waals surface area contributed by atoms with E-state index in [9.17, 15) is 4.79 Å². The fourth-order valence-electron chi connectivity index (χ4n) is 1.41. The normalized spacial score (nSPS) is 10.1. The molecule has 0 atom stereocenters. The van der Waals surface area contributed by atoms with Crippen LogP contribution in [-0.4, -0.2) is 21.2 Å². The van der Waals surface area contributed by atoms with Gasteiger partial charge in [-0.25, -0.2) is 9.78 Å². The van der Waals surface area contributed by atoms with Crippen molar-refractivity contribution in [3.63, 3.8) is 0 Å². The first-order chi connectivity index (χ1) is 8.69. The van der Waals surface area contributed by atoms with Gasteiger partial charge in [0.1, 0.15) is 17.2 Å². The van der Waals surface area contributed by atoms with Gasteiger partial charge >= 0.3 is 5.97 Å². The Balaban J connectivity index is 2.15. The minimum atomic E-state index is -1.08. The van der Waals surface area contributed by atoms with Crippen LogP contribution in [0.25, 0.3) is 0 Å². The number of hydrogen-bond donors (Lipinski definition) is 2. The summed E-state index contributed by atoms with van der Waals surface area (Å²) in [7, 11) is 0. The van der Waals surface area contributed by atoms with Crippen LogP contribution < -0.4 is 4.74 Å². The first-order valence-electron chi connectivity index (χ1n) is 5.26. The Hall–Kier alpha value is -2.40. The van der Waals surface area contributed by atoms with E-state index in [1.165, 1.54) is 18.3 Å². The highest BCUT2D eigenvalue weighted by Crippen LogP contribution is 2.21. The molecule has 0 aliphatic heterocycles. The minimum absolute atomic E-state index is 0.0357. The van der Waals surface area contributed by atoms with Crippen molar-refractivity contribution in [1.29, 1.82) is 0 Å². The van der Waals surface area contributed by atoms with Gasteiger partial charge in [0.05, 0.1) is 12.8 Å². The smallest absolute Gasteiger partial charge is 0.354 e. The molecule has 0 aliphatic carbocycles. The molecule has 0 bridgehead atoms. The topological polar surface area (TPSA) is 79.7 Å². The first kappa shape index (κ1) is 12.1. The summed E-state index contributed by atoms with van der Waals surface area (Å²) in [6.07, 6.45) is 1.34. The predicted molar refractivity (Wildman–Crippen MR) is 63.6 cm³/mol. The average Bonchev–Trinajstić information content (AvgIpc) is 2.39. The molecule has 0 fully saturated rings. The molecule has 2 aromatic rings. The SMILES string of the molecule is O=C(O)c1ccc(Oc2cccc(CO)c2)cn1. The average molecular weight is 245 g/mol. The molecule has 1 heterocycles. The van der Waals surface area contributed by atoms with E-state index in [1.807, 2.05) is 0 Å². The number of benzene rings is 1. The number of carboxylic acids is 1. The fraction of sp³-hybridized carbons (Fsp3) is 0.0769. The molecule has 2 rings (SSSR count). The third-order valence-corrected chi connectivity index (χ3v) is 2.27. The van der Waals surface area contributed by atoms with Crippen molar-refractivity contribution in [2.45, 2.75) is 6.61 Å². The molecule has 0 saturated heterocycles. The second-order valence-electron chi connectivity index (χ2n) is 3.59. The largest absolute Gasteiger partial charge is 0.477 e. The Morgan fingerprint density at radius 1 is 1.22 bits per heavy atom. The Morgan fingerprint density at radius 3 is 2.67 bits per heavy atom. The highest BCUT2D eigenvalue weighted by Gasteiger charge is 2.04. The molecular weight excluding hydrogens is 234 g/mol. The maximum atomic E-state index is 10.6. The molecule has 0 unspecified atom stereocenters. The summed E-state index contributed by atoms with van der Waals surface area (Å²) in [4.78, 5) is 14.4. The van der Waals surface area contributed by atoms with Gasteiger partial charge in [-0.05, 0) is 29.8 Å². The van der Waals surface area contributed by atoms with Crippen LogP contribution in [0.4, 0.5) is 0 Å². The molecule has 1 aromatic heterocycles. The lowest BCUT2D eigenvalue weighted by atomic mass is 10.2. The van der Waals surface area contributed by atoms with Gasteiger partial charge in [-0.1, -0.05) is 12.1 Å². The molecule has 0 radical (unpaired) electrons. The highest BCUT2D eigenvalue weighted by atomic mass is 16.5. The molecule has 0 saturated carbocycles. The van der Waals surface area contributed by atoms with Gasteiger partial charge in [-0.3, -0.25) is 0 Å². The maximum Gasteiger partial charge on any atom is 0.354 e. The van der Waals surface area contributed by atoms with Crippen molar-refractivity contribution >= 4 is 5.97 Å². The molecule has 0 spiro atoms. The van der Waals surface area contributed by atoms with Crippen LogP contribution >= 0.6 is 0 Å². The van der Waals surface area contributed by atoms with Crippen LogP contribution in [0.3, 0.4) is 0 Å². The summed E-state index contributed by atoms with van der Waals surface area (Å²) in [5, 5.41) is 17.7. The van der Waals surface area contributed by atoms with Gasteiger partial charge < -0.3 is 14.9 Å². The number of carbonyl (C=O) groups is 1. The van der Waals surface area contributed by atoms with E-state index in [0.29, 0.717) is 11.5 Å². The zero-order valence-electron chi connectivity index (χ0n) is 9.41. The van der Waals surface area contributed by atoms with E-state index < -0.39 is 5.97 Å². The number of rotatable bonds is 4. The summed E-state index contributed by atoms with van der Waals surface area (Å²) in [6, 6.07) is 9.88. The lowest BCUT2D eigenvalue weighted by molar-refractivity contribution is 0.0690. The molecule has 0 amide bonds. The monoisotopic (exact) mass is 245 g/mol. The zero-order valence-corrected chi connectivity index (χ0v) is 9.41. The number of aromatic carboxylic acids is 1. The Labute approximate surface area is 103 Å². The number of aliphatic hydroxyl groups is 1. The maximum absolute atomic E-state index is 10.6. The Kier molecular flexibility index (Phi) is 3.54. The van der Waals surface area contributed by atoms with Gasteiger partial charge in [0.25, 0.3) is 0 Å². The van der Waals surface area contributed by atoms with E-state index in [-0.39, 0.29) is 12.3 Å². The molecule has 1 aromatic carbocycles. The Bertz CT molecular complexity index is 551. The van der Waals surface area contributed by atoms with Gasteiger partial charge in [0, 0.05) is 0 Å². The number of aliphatic hydroxyl groups excluding tert-OH is 1. The molecule has 5 heteroatoms. The molecule has 18 heavy (non-hydrogen) atoms. The number of carboxylic acid groups (broad SMARTS) is 1. The lowest BCUT2D eigenvalue weighted by Crippen LogP contribution is -1.99. The third-order valence-electron chi connectivity index (χ3n) is 2.27. The van der Waals surface area contributed by atoms with Crippen molar-refractivity contribution in [2.24, 2.45) is 0 Å². The molecule has 2 N–H and O–H groups in total. The number of pyridine rings is 1. The predicted octanol–water partition coefficient (Wildman–Crippen LogP) is 2.06. The van der Waals surface area contributed by atoms with Crippen LogP contribution in [-0.2, 0) is 6.61 Å². The van der Waals surface area contributed by atoms with E-state index in [1.54, 1.807) is 24.3 Å². The van der Waals surface area contributed by atoms with Crippen LogP contribution in [0, 0.1) is 0 Å². The van der Waals surface area contributed by atoms with Crippen molar-refractivity contribution in [1.82, 2.24) is 4.98 Å². The number of ether oxygens (including phenoxy) is 1. The molecule has 0 aliphatic rings. The summed E-state index contributed by atoms with van der Waals surface area (Å²) >= 11 is 0. The van der Waals surface area contributed by atoms with E-state index in [2.05, 4.69) is 4.98 Å². The van der Waals surface area contributed by atoms with Crippen molar-refractivity contribution in [3.05, 3.63) is 53.9 Å². The van der Waals surface area contributed by atoms with Crippen LogP contribution in [0.5, 0.6) is 11.5 Å². The molecular formula is C13H11NO4. The van der Waals surface area contributed by atoms with E-state index >= 15 is 0 Å². The quantitative estimate of drug-likeness (QED) is 0.861. The van der Waals surface area contributed by atoms with Crippen molar-refractivity contribution in [3.8, 4) is 11.5 Å². The van der Waals surface area contributed by atoms with Crippen LogP contribution in [0.1, 0.15) is 16.1 Å². The van der Waals surface area contributed by atoms with Crippen LogP contribution in [0.2, 0.25) is 0 Å². The van der Waals surface area contributed by atoms with E-state index in [0.717, 1.165) is 5.56 Å². The number of aromatic nitrogens is 1. The fourth-order valence-corrected chi connectivity index (χ4v) is 1.41. The summed E-state index contributed by atoms with van der Waals surface area (Å²) in [6.45, 7) is -0.0621. The van der Waals surface area contributed by atoms with E-state index in [4.69, 9.17) is 14.9 Å².